The minimum atomic E-state index is 0.373. The van der Waals surface area contributed by atoms with E-state index < -0.39 is 0 Å². The lowest BCUT2D eigenvalue weighted by molar-refractivity contribution is 0.539. The second-order valence-corrected chi connectivity index (χ2v) is 5.60. The topological polar surface area (TPSA) is 17.0 Å². The predicted molar refractivity (Wildman–Crippen MR) is 89.8 cm³/mol. The SMILES string of the molecule is CNCCC(c1ccc(C)cc1)n1ccc2ccccc21. The molecule has 0 aliphatic carbocycles. The second kappa shape index (κ2) is 6.15. The van der Waals surface area contributed by atoms with Gasteiger partial charge in [0.2, 0.25) is 0 Å². The summed E-state index contributed by atoms with van der Waals surface area (Å²) in [6.07, 6.45) is 3.29. The average Bonchev–Trinajstić information content (AvgIpc) is 2.93. The number of aromatic nitrogens is 1. The van der Waals surface area contributed by atoms with Crippen molar-refractivity contribution in [2.24, 2.45) is 0 Å². The minimum Gasteiger partial charge on any atom is -0.340 e. The van der Waals surface area contributed by atoms with E-state index in [0.717, 1.165) is 13.0 Å². The smallest absolute Gasteiger partial charge is 0.0598 e. The number of nitrogens with zero attached hydrogens (tertiary/aromatic N) is 1. The molecule has 0 fully saturated rings. The van der Waals surface area contributed by atoms with E-state index >= 15 is 0 Å². The summed E-state index contributed by atoms with van der Waals surface area (Å²) in [5.41, 5.74) is 3.99. The first kappa shape index (κ1) is 13.9. The first-order valence-electron chi connectivity index (χ1n) is 7.56. The van der Waals surface area contributed by atoms with Gasteiger partial charge in [-0.15, -0.1) is 0 Å². The fourth-order valence-electron chi connectivity index (χ4n) is 2.91. The molecule has 2 aromatic carbocycles. The number of benzene rings is 2. The molecule has 3 rings (SSSR count). The van der Waals surface area contributed by atoms with Crippen LogP contribution in [0, 0.1) is 6.92 Å². The van der Waals surface area contributed by atoms with Crippen LogP contribution in [0.25, 0.3) is 10.9 Å². The molecule has 0 bridgehead atoms. The van der Waals surface area contributed by atoms with Crippen LogP contribution >= 0.6 is 0 Å². The van der Waals surface area contributed by atoms with Crippen LogP contribution in [-0.4, -0.2) is 18.2 Å². The molecule has 21 heavy (non-hydrogen) atoms. The molecule has 0 amide bonds. The summed E-state index contributed by atoms with van der Waals surface area (Å²) in [5.74, 6) is 0. The van der Waals surface area contributed by atoms with Crippen LogP contribution in [-0.2, 0) is 0 Å². The van der Waals surface area contributed by atoms with Crippen LogP contribution < -0.4 is 5.32 Å². The molecule has 0 saturated heterocycles. The summed E-state index contributed by atoms with van der Waals surface area (Å²) in [4.78, 5) is 0. The summed E-state index contributed by atoms with van der Waals surface area (Å²) in [7, 11) is 2.01. The predicted octanol–water partition coefficient (Wildman–Crippen LogP) is 4.15. The molecule has 108 valence electrons. The fraction of sp³-hybridized carbons (Fsp3) is 0.263. The molecular formula is C19H22N2. The zero-order valence-electron chi connectivity index (χ0n) is 12.7. The highest BCUT2D eigenvalue weighted by molar-refractivity contribution is 5.80. The maximum Gasteiger partial charge on any atom is 0.0598 e. The van der Waals surface area contributed by atoms with Gasteiger partial charge in [-0.1, -0.05) is 48.0 Å². The Balaban J connectivity index is 2.04. The number of rotatable bonds is 5. The van der Waals surface area contributed by atoms with E-state index in [4.69, 9.17) is 0 Å². The lowest BCUT2D eigenvalue weighted by Gasteiger charge is -2.21. The van der Waals surface area contributed by atoms with E-state index in [1.807, 2.05) is 7.05 Å². The summed E-state index contributed by atoms with van der Waals surface area (Å²) in [6.45, 7) is 3.14. The molecular weight excluding hydrogens is 256 g/mol. The van der Waals surface area contributed by atoms with Gasteiger partial charge in [-0.05, 0) is 50.0 Å². The summed E-state index contributed by atoms with van der Waals surface area (Å²) in [6, 6.07) is 20.1. The molecule has 0 spiro atoms. The molecule has 0 saturated carbocycles. The summed E-state index contributed by atoms with van der Waals surface area (Å²) in [5, 5.41) is 4.58. The first-order chi connectivity index (χ1) is 10.3. The van der Waals surface area contributed by atoms with Crippen molar-refractivity contribution in [1.82, 2.24) is 9.88 Å². The Labute approximate surface area is 126 Å². The van der Waals surface area contributed by atoms with Crippen LogP contribution in [0.2, 0.25) is 0 Å². The highest BCUT2D eigenvalue weighted by atomic mass is 15.0. The Kier molecular flexibility index (Phi) is 4.07. The van der Waals surface area contributed by atoms with Crippen molar-refractivity contribution in [2.45, 2.75) is 19.4 Å². The van der Waals surface area contributed by atoms with Gasteiger partial charge in [-0.2, -0.15) is 0 Å². The van der Waals surface area contributed by atoms with Crippen LogP contribution in [0.4, 0.5) is 0 Å². The third-order valence-corrected chi connectivity index (χ3v) is 4.10. The molecule has 2 heteroatoms. The standard InChI is InChI=1S/C19H22N2/c1-15-7-9-17(10-8-15)19(11-13-20-2)21-14-12-16-5-3-4-6-18(16)21/h3-10,12,14,19-20H,11,13H2,1-2H3. The fourth-order valence-corrected chi connectivity index (χ4v) is 2.91. The third kappa shape index (κ3) is 2.86. The molecule has 3 aromatic rings. The first-order valence-corrected chi connectivity index (χ1v) is 7.56. The van der Waals surface area contributed by atoms with Crippen LogP contribution in [0.15, 0.2) is 60.8 Å². The molecule has 1 unspecified atom stereocenters. The van der Waals surface area contributed by atoms with E-state index in [1.165, 1.54) is 22.0 Å². The van der Waals surface area contributed by atoms with Gasteiger partial charge in [0.1, 0.15) is 0 Å². The highest BCUT2D eigenvalue weighted by Crippen LogP contribution is 2.27. The maximum atomic E-state index is 3.28. The molecule has 0 radical (unpaired) electrons. The molecule has 0 aliphatic rings. The van der Waals surface area contributed by atoms with Gasteiger partial charge in [-0.3, -0.25) is 0 Å². The van der Waals surface area contributed by atoms with Gasteiger partial charge < -0.3 is 9.88 Å². The zero-order chi connectivity index (χ0) is 14.7. The Bertz CT molecular complexity index is 710. The number of fused-ring (bicyclic) bond motifs is 1. The monoisotopic (exact) mass is 278 g/mol. The third-order valence-electron chi connectivity index (χ3n) is 4.10. The van der Waals surface area contributed by atoms with Crippen molar-refractivity contribution in [1.29, 1.82) is 0 Å². The van der Waals surface area contributed by atoms with Crippen molar-refractivity contribution < 1.29 is 0 Å². The van der Waals surface area contributed by atoms with Crippen molar-refractivity contribution in [2.75, 3.05) is 13.6 Å². The highest BCUT2D eigenvalue weighted by Gasteiger charge is 2.14. The van der Waals surface area contributed by atoms with Crippen molar-refractivity contribution in [3.63, 3.8) is 0 Å². The number of para-hydroxylation sites is 1. The van der Waals surface area contributed by atoms with E-state index in [-0.39, 0.29) is 0 Å². The number of aryl methyl sites for hydroxylation is 1. The van der Waals surface area contributed by atoms with Gasteiger partial charge in [-0.25, -0.2) is 0 Å². The maximum absolute atomic E-state index is 3.28. The molecule has 1 atom stereocenters. The van der Waals surface area contributed by atoms with Gasteiger partial charge >= 0.3 is 0 Å². The lowest BCUT2D eigenvalue weighted by Crippen LogP contribution is -2.17. The normalized spacial score (nSPS) is 12.7. The summed E-state index contributed by atoms with van der Waals surface area (Å²) < 4.78 is 2.40. The Morgan fingerprint density at radius 2 is 1.76 bits per heavy atom. The van der Waals surface area contributed by atoms with Crippen LogP contribution in [0.5, 0.6) is 0 Å². The second-order valence-electron chi connectivity index (χ2n) is 5.60. The van der Waals surface area contributed by atoms with Crippen molar-refractivity contribution in [3.8, 4) is 0 Å². The van der Waals surface area contributed by atoms with Gasteiger partial charge in [0, 0.05) is 11.7 Å². The Hall–Kier alpha value is -2.06. The number of hydrogen-bond donors (Lipinski definition) is 1. The van der Waals surface area contributed by atoms with Crippen molar-refractivity contribution in [3.05, 3.63) is 71.9 Å². The van der Waals surface area contributed by atoms with E-state index in [1.54, 1.807) is 0 Å². The van der Waals surface area contributed by atoms with Crippen LogP contribution in [0.1, 0.15) is 23.6 Å². The Morgan fingerprint density at radius 3 is 2.52 bits per heavy atom. The largest absolute Gasteiger partial charge is 0.340 e. The number of nitrogens with one attached hydrogen (secondary N) is 1. The average molecular weight is 278 g/mol. The van der Waals surface area contributed by atoms with E-state index in [0.29, 0.717) is 6.04 Å². The van der Waals surface area contributed by atoms with Gasteiger partial charge in [0.25, 0.3) is 0 Å². The van der Waals surface area contributed by atoms with Gasteiger partial charge in [0.05, 0.1) is 6.04 Å². The molecule has 0 aliphatic heterocycles. The Morgan fingerprint density at radius 1 is 1.00 bits per heavy atom. The van der Waals surface area contributed by atoms with E-state index in [2.05, 4.69) is 77.6 Å². The van der Waals surface area contributed by atoms with Crippen molar-refractivity contribution >= 4 is 10.9 Å². The summed E-state index contributed by atoms with van der Waals surface area (Å²) >= 11 is 0. The van der Waals surface area contributed by atoms with Crippen LogP contribution in [0.3, 0.4) is 0 Å². The quantitative estimate of drug-likeness (QED) is 0.742. The number of hydrogen-bond acceptors (Lipinski definition) is 1. The van der Waals surface area contributed by atoms with Gasteiger partial charge in [0.15, 0.2) is 0 Å². The van der Waals surface area contributed by atoms with E-state index in [9.17, 15) is 0 Å². The minimum absolute atomic E-state index is 0.373. The zero-order valence-corrected chi connectivity index (χ0v) is 12.7. The molecule has 1 heterocycles. The molecule has 2 nitrogen and oxygen atoms in total. The molecule has 1 aromatic heterocycles. The molecule has 1 N–H and O–H groups in total. The lowest BCUT2D eigenvalue weighted by atomic mass is 10.0.